The lowest BCUT2D eigenvalue weighted by molar-refractivity contribution is -0.384. The van der Waals surface area contributed by atoms with Gasteiger partial charge in [0.15, 0.2) is 0 Å². The molecule has 0 spiro atoms. The van der Waals surface area contributed by atoms with E-state index in [1.807, 2.05) is 24.3 Å². The molecule has 1 aliphatic rings. The number of rotatable bonds is 3. The first-order chi connectivity index (χ1) is 14.6. The molecular weight excluding hydrogens is 414 g/mol. The quantitative estimate of drug-likeness (QED) is 0.390. The fourth-order valence-corrected chi connectivity index (χ4v) is 4.46. The third-order valence-corrected chi connectivity index (χ3v) is 6.45. The highest BCUT2D eigenvalue weighted by Gasteiger charge is 2.33. The maximum Gasteiger partial charge on any atom is 0.271 e. The van der Waals surface area contributed by atoms with Crippen LogP contribution in [0.3, 0.4) is 0 Å². The number of pyridine rings is 1. The van der Waals surface area contributed by atoms with Gasteiger partial charge in [-0.15, -0.1) is 0 Å². The lowest BCUT2D eigenvalue weighted by Gasteiger charge is -2.35. The number of nitro groups is 1. The van der Waals surface area contributed by atoms with Gasteiger partial charge in [0.1, 0.15) is 0 Å². The van der Waals surface area contributed by atoms with Crippen molar-refractivity contribution < 1.29 is 9.72 Å². The van der Waals surface area contributed by atoms with Crippen molar-refractivity contribution in [2.24, 2.45) is 11.3 Å². The van der Waals surface area contributed by atoms with Crippen LogP contribution in [0.15, 0.2) is 42.5 Å². The SMILES string of the molecule is CC(C)(C)[C@H]1CCc2nc3ccccc3c(C(=O)Nc3cc([N+](=O)[O-])ccc3Cl)c2C1. The van der Waals surface area contributed by atoms with Crippen LogP contribution in [0.4, 0.5) is 11.4 Å². The number of aromatic nitrogens is 1. The standard InChI is InChI=1S/C24H24ClN3O3/c1-24(2,3)14-8-11-20-17(12-14)22(16-6-4-5-7-19(16)26-20)23(29)27-21-13-15(28(30)31)9-10-18(21)25/h4-7,9-10,13-14H,8,11-12H2,1-3H3,(H,27,29)/t14-/m0/s1. The second-order valence-corrected chi connectivity index (χ2v) is 9.52. The maximum absolute atomic E-state index is 13.5. The highest BCUT2D eigenvalue weighted by Crippen LogP contribution is 2.40. The number of aryl methyl sites for hydroxylation is 1. The number of non-ortho nitro benzene ring substituents is 1. The molecule has 1 heterocycles. The molecule has 1 amide bonds. The Bertz CT molecular complexity index is 1200. The zero-order chi connectivity index (χ0) is 22.3. The Labute approximate surface area is 185 Å². The molecule has 1 N–H and O–H groups in total. The second kappa shape index (κ2) is 7.93. The van der Waals surface area contributed by atoms with Crippen LogP contribution in [0.25, 0.3) is 10.9 Å². The van der Waals surface area contributed by atoms with Gasteiger partial charge >= 0.3 is 0 Å². The van der Waals surface area contributed by atoms with Crippen LogP contribution in [0.1, 0.15) is 48.8 Å². The molecule has 31 heavy (non-hydrogen) atoms. The van der Waals surface area contributed by atoms with Crippen molar-refractivity contribution in [1.82, 2.24) is 4.98 Å². The Morgan fingerprint density at radius 3 is 2.68 bits per heavy atom. The van der Waals surface area contributed by atoms with Gasteiger partial charge in [0.05, 0.1) is 26.7 Å². The fourth-order valence-electron chi connectivity index (χ4n) is 4.29. The zero-order valence-corrected chi connectivity index (χ0v) is 18.5. The smallest absolute Gasteiger partial charge is 0.271 e. The summed E-state index contributed by atoms with van der Waals surface area (Å²) in [4.78, 5) is 29.0. The Hall–Kier alpha value is -2.99. The number of nitro benzene ring substituents is 1. The molecule has 6 nitrogen and oxygen atoms in total. The number of nitrogens with one attached hydrogen (secondary N) is 1. The van der Waals surface area contributed by atoms with Crippen molar-refractivity contribution in [1.29, 1.82) is 0 Å². The Morgan fingerprint density at radius 2 is 1.97 bits per heavy atom. The number of para-hydroxylation sites is 1. The molecule has 0 radical (unpaired) electrons. The van der Waals surface area contributed by atoms with Crippen LogP contribution in [-0.4, -0.2) is 15.8 Å². The molecule has 3 aromatic rings. The summed E-state index contributed by atoms with van der Waals surface area (Å²) in [7, 11) is 0. The predicted octanol–water partition coefficient (Wildman–Crippen LogP) is 6.20. The van der Waals surface area contributed by atoms with Crippen LogP contribution < -0.4 is 5.32 Å². The molecular formula is C24H24ClN3O3. The van der Waals surface area contributed by atoms with Crippen molar-refractivity contribution in [3.8, 4) is 0 Å². The lowest BCUT2D eigenvalue weighted by atomic mass is 9.70. The number of amides is 1. The van der Waals surface area contributed by atoms with E-state index in [0.29, 0.717) is 11.5 Å². The molecule has 7 heteroatoms. The van der Waals surface area contributed by atoms with Crippen molar-refractivity contribution >= 4 is 39.8 Å². The van der Waals surface area contributed by atoms with Crippen LogP contribution in [0.2, 0.25) is 5.02 Å². The van der Waals surface area contributed by atoms with Crippen LogP contribution in [-0.2, 0) is 12.8 Å². The fraction of sp³-hybridized carbons (Fsp3) is 0.333. The van der Waals surface area contributed by atoms with Gasteiger partial charge in [0, 0.05) is 23.2 Å². The van der Waals surface area contributed by atoms with E-state index >= 15 is 0 Å². The van der Waals surface area contributed by atoms with E-state index in [9.17, 15) is 14.9 Å². The Balaban J connectivity index is 1.82. The maximum atomic E-state index is 13.5. The lowest BCUT2D eigenvalue weighted by Crippen LogP contribution is -2.29. The van der Waals surface area contributed by atoms with Gasteiger partial charge in [-0.05, 0) is 48.3 Å². The minimum absolute atomic E-state index is 0.112. The summed E-state index contributed by atoms with van der Waals surface area (Å²) in [6.07, 6.45) is 2.61. The molecule has 1 aliphatic carbocycles. The average Bonchev–Trinajstić information content (AvgIpc) is 2.72. The minimum atomic E-state index is -0.510. The summed E-state index contributed by atoms with van der Waals surface area (Å²) >= 11 is 6.23. The van der Waals surface area contributed by atoms with E-state index < -0.39 is 4.92 Å². The average molecular weight is 438 g/mol. The van der Waals surface area contributed by atoms with Crippen LogP contribution >= 0.6 is 11.6 Å². The zero-order valence-electron chi connectivity index (χ0n) is 17.7. The third-order valence-electron chi connectivity index (χ3n) is 6.12. The number of anilines is 1. The molecule has 0 bridgehead atoms. The minimum Gasteiger partial charge on any atom is -0.320 e. The first kappa shape index (κ1) is 21.2. The molecule has 0 fully saturated rings. The summed E-state index contributed by atoms with van der Waals surface area (Å²) in [6, 6.07) is 11.6. The highest BCUT2D eigenvalue weighted by atomic mass is 35.5. The summed E-state index contributed by atoms with van der Waals surface area (Å²) in [5, 5.41) is 15.0. The molecule has 0 unspecified atom stereocenters. The summed E-state index contributed by atoms with van der Waals surface area (Å²) in [5.41, 5.74) is 3.47. The molecule has 1 aromatic heterocycles. The van der Waals surface area contributed by atoms with Gasteiger partial charge in [-0.1, -0.05) is 50.6 Å². The number of carbonyl (C=O) groups is 1. The molecule has 0 saturated carbocycles. The number of nitrogens with zero attached hydrogens (tertiary/aromatic N) is 2. The van der Waals surface area contributed by atoms with Gasteiger partial charge in [-0.2, -0.15) is 0 Å². The van der Waals surface area contributed by atoms with Gasteiger partial charge in [-0.25, -0.2) is 0 Å². The summed E-state index contributed by atoms with van der Waals surface area (Å²) in [5.74, 6) is 0.0997. The molecule has 0 saturated heterocycles. The molecule has 1 atom stereocenters. The molecule has 0 aliphatic heterocycles. The van der Waals surface area contributed by atoms with E-state index in [-0.39, 0.29) is 27.7 Å². The number of hydrogen-bond acceptors (Lipinski definition) is 4. The van der Waals surface area contributed by atoms with Gasteiger partial charge < -0.3 is 5.32 Å². The van der Waals surface area contributed by atoms with Gasteiger partial charge in [0.25, 0.3) is 11.6 Å². The summed E-state index contributed by atoms with van der Waals surface area (Å²) in [6.45, 7) is 6.67. The number of fused-ring (bicyclic) bond motifs is 2. The third kappa shape index (κ3) is 4.12. The largest absolute Gasteiger partial charge is 0.320 e. The number of hydrogen-bond donors (Lipinski definition) is 1. The van der Waals surface area contributed by atoms with E-state index in [1.165, 1.54) is 18.2 Å². The molecule has 4 rings (SSSR count). The van der Waals surface area contributed by atoms with Crippen molar-refractivity contribution in [2.75, 3.05) is 5.32 Å². The number of carbonyl (C=O) groups excluding carboxylic acids is 1. The van der Waals surface area contributed by atoms with Crippen LogP contribution in [0, 0.1) is 21.4 Å². The van der Waals surface area contributed by atoms with Crippen LogP contribution in [0.5, 0.6) is 0 Å². The molecule has 160 valence electrons. The topological polar surface area (TPSA) is 85.1 Å². The normalized spacial score (nSPS) is 16.1. The van der Waals surface area contributed by atoms with E-state index in [1.54, 1.807) is 0 Å². The second-order valence-electron chi connectivity index (χ2n) is 9.11. The monoisotopic (exact) mass is 437 g/mol. The van der Waals surface area contributed by atoms with Crippen molar-refractivity contribution in [3.63, 3.8) is 0 Å². The highest BCUT2D eigenvalue weighted by molar-refractivity contribution is 6.34. The van der Waals surface area contributed by atoms with Gasteiger partial charge in [-0.3, -0.25) is 19.9 Å². The predicted molar refractivity (Wildman–Crippen MR) is 123 cm³/mol. The van der Waals surface area contributed by atoms with E-state index in [0.717, 1.165) is 41.4 Å². The Kier molecular flexibility index (Phi) is 5.43. The van der Waals surface area contributed by atoms with Crippen molar-refractivity contribution in [2.45, 2.75) is 40.0 Å². The first-order valence-corrected chi connectivity index (χ1v) is 10.7. The number of benzene rings is 2. The molecule has 2 aromatic carbocycles. The van der Waals surface area contributed by atoms with E-state index in [4.69, 9.17) is 16.6 Å². The number of halogens is 1. The summed E-state index contributed by atoms with van der Waals surface area (Å²) < 4.78 is 0. The first-order valence-electron chi connectivity index (χ1n) is 10.3. The van der Waals surface area contributed by atoms with Crippen molar-refractivity contribution in [3.05, 3.63) is 74.4 Å². The Morgan fingerprint density at radius 1 is 1.23 bits per heavy atom. The van der Waals surface area contributed by atoms with Gasteiger partial charge in [0.2, 0.25) is 0 Å². The van der Waals surface area contributed by atoms with E-state index in [2.05, 4.69) is 26.1 Å².